The largest absolute Gasteiger partial charge is 0.496 e. The summed E-state index contributed by atoms with van der Waals surface area (Å²) in [5, 5.41) is 0. The zero-order valence-corrected chi connectivity index (χ0v) is 17.6. The van der Waals surface area contributed by atoms with Gasteiger partial charge in [0.25, 0.3) is 0 Å². The predicted molar refractivity (Wildman–Crippen MR) is 113 cm³/mol. The molecule has 0 aliphatic heterocycles. The molecule has 0 unspecified atom stereocenters. The monoisotopic (exact) mass is 434 g/mol. The van der Waals surface area contributed by atoms with Gasteiger partial charge in [-0.1, -0.05) is 6.07 Å². The van der Waals surface area contributed by atoms with Crippen LogP contribution in [-0.4, -0.2) is 41.2 Å². The number of nitrogen functional groups attached to an aromatic ring is 1. The average molecular weight is 435 g/mol. The molecule has 2 rings (SSSR count). The second-order valence-electron chi connectivity index (χ2n) is 5.94. The van der Waals surface area contributed by atoms with Crippen LogP contribution < -0.4 is 24.8 Å². The summed E-state index contributed by atoms with van der Waals surface area (Å²) in [5.41, 5.74) is 8.78. The Bertz CT molecular complexity index is 879. The molecule has 0 aliphatic carbocycles. The van der Waals surface area contributed by atoms with Crippen molar-refractivity contribution in [3.8, 4) is 17.2 Å². The van der Waals surface area contributed by atoms with E-state index in [4.69, 9.17) is 19.9 Å². The number of ketones is 1. The molecule has 0 aliphatic rings. The number of hydrogen-bond acceptors (Lipinski definition) is 6. The van der Waals surface area contributed by atoms with Crippen LogP contribution in [0.2, 0.25) is 0 Å². The predicted octanol–water partition coefficient (Wildman–Crippen LogP) is 3.98. The highest BCUT2D eigenvalue weighted by molar-refractivity contribution is 9.12. The highest BCUT2D eigenvalue weighted by Crippen LogP contribution is 2.36. The molecule has 2 aromatic rings. The Morgan fingerprint density at radius 3 is 2.11 bits per heavy atom. The molecule has 0 saturated carbocycles. The third kappa shape index (κ3) is 4.54. The fourth-order valence-electron chi connectivity index (χ4n) is 2.62. The number of carbonyl (C=O) groups is 1. The Labute approximate surface area is 167 Å². The molecule has 0 bridgehead atoms. The van der Waals surface area contributed by atoms with Gasteiger partial charge in [0.15, 0.2) is 11.5 Å². The standard InChI is InChI=1S/C20H23BrN2O4/c1-23(2)16-7-6-12(9-15(16)22)8-14(21)20(24)13-10-18(26-4)19(27-5)11-17(13)25-3/h6-11H,22H2,1-5H3. The summed E-state index contributed by atoms with van der Waals surface area (Å²) in [6.45, 7) is 0. The van der Waals surface area contributed by atoms with Crippen molar-refractivity contribution in [1.82, 2.24) is 0 Å². The second-order valence-corrected chi connectivity index (χ2v) is 6.80. The van der Waals surface area contributed by atoms with Crippen LogP contribution in [0.4, 0.5) is 11.4 Å². The van der Waals surface area contributed by atoms with Crippen LogP contribution in [0.25, 0.3) is 6.08 Å². The van der Waals surface area contributed by atoms with Crippen LogP contribution in [0.3, 0.4) is 0 Å². The number of allylic oxidation sites excluding steroid dienone is 1. The molecule has 0 aromatic heterocycles. The molecule has 0 spiro atoms. The summed E-state index contributed by atoms with van der Waals surface area (Å²) < 4.78 is 16.2. The van der Waals surface area contributed by atoms with Gasteiger partial charge in [0.2, 0.25) is 5.78 Å². The number of carbonyl (C=O) groups excluding carboxylic acids is 1. The lowest BCUT2D eigenvalue weighted by Crippen LogP contribution is -2.11. The quantitative estimate of drug-likeness (QED) is 0.403. The van der Waals surface area contributed by atoms with Gasteiger partial charge in [-0.3, -0.25) is 4.79 Å². The zero-order chi connectivity index (χ0) is 20.1. The number of nitrogens with two attached hydrogens (primary N) is 1. The van der Waals surface area contributed by atoms with Gasteiger partial charge < -0.3 is 24.8 Å². The lowest BCUT2D eigenvalue weighted by Gasteiger charge is -2.15. The molecule has 7 heteroatoms. The van der Waals surface area contributed by atoms with E-state index >= 15 is 0 Å². The Hall–Kier alpha value is -2.67. The number of hydrogen-bond donors (Lipinski definition) is 1. The maximum absolute atomic E-state index is 12.9. The number of anilines is 2. The number of Topliss-reactive ketones (excluding diaryl/α,β-unsaturated/α-hetero) is 1. The van der Waals surface area contributed by atoms with Crippen LogP contribution in [0.1, 0.15) is 15.9 Å². The number of nitrogens with zero attached hydrogens (tertiary/aromatic N) is 1. The highest BCUT2D eigenvalue weighted by atomic mass is 79.9. The van der Waals surface area contributed by atoms with Gasteiger partial charge in [0, 0.05) is 20.2 Å². The van der Waals surface area contributed by atoms with Crippen molar-refractivity contribution in [2.75, 3.05) is 46.1 Å². The van der Waals surface area contributed by atoms with Crippen molar-refractivity contribution >= 4 is 39.2 Å². The summed E-state index contributed by atoms with van der Waals surface area (Å²) in [6, 6.07) is 8.83. The van der Waals surface area contributed by atoms with Crippen LogP contribution in [-0.2, 0) is 0 Å². The molecule has 0 fully saturated rings. The van der Waals surface area contributed by atoms with Gasteiger partial charge in [-0.15, -0.1) is 0 Å². The van der Waals surface area contributed by atoms with Crippen molar-refractivity contribution in [2.45, 2.75) is 0 Å². The van der Waals surface area contributed by atoms with Crippen molar-refractivity contribution in [3.63, 3.8) is 0 Å². The molecule has 27 heavy (non-hydrogen) atoms. The lowest BCUT2D eigenvalue weighted by molar-refractivity contribution is 0.104. The number of rotatable bonds is 7. The van der Waals surface area contributed by atoms with E-state index in [9.17, 15) is 4.79 Å². The number of methoxy groups -OCH3 is 3. The summed E-state index contributed by atoms with van der Waals surface area (Å²) in [4.78, 5) is 14.9. The fourth-order valence-corrected chi connectivity index (χ4v) is 3.10. The van der Waals surface area contributed by atoms with E-state index in [0.717, 1.165) is 11.3 Å². The summed E-state index contributed by atoms with van der Waals surface area (Å²) in [6.07, 6.45) is 1.72. The van der Waals surface area contributed by atoms with E-state index in [0.29, 0.717) is 33.0 Å². The summed E-state index contributed by atoms with van der Waals surface area (Å²) in [5.74, 6) is 1.08. The first-order valence-electron chi connectivity index (χ1n) is 8.11. The molecule has 0 heterocycles. The van der Waals surface area contributed by atoms with Crippen LogP contribution in [0.5, 0.6) is 17.2 Å². The average Bonchev–Trinajstić information content (AvgIpc) is 2.65. The minimum absolute atomic E-state index is 0.247. The maximum Gasteiger partial charge on any atom is 0.203 e. The topological polar surface area (TPSA) is 74.0 Å². The molecule has 2 N–H and O–H groups in total. The van der Waals surface area contributed by atoms with Gasteiger partial charge in [0.1, 0.15) is 5.75 Å². The van der Waals surface area contributed by atoms with Crippen molar-refractivity contribution in [1.29, 1.82) is 0 Å². The Balaban J connectivity index is 2.42. The molecule has 0 radical (unpaired) electrons. The van der Waals surface area contributed by atoms with E-state index in [-0.39, 0.29) is 5.78 Å². The maximum atomic E-state index is 12.9. The normalized spacial score (nSPS) is 11.1. The molecular formula is C20H23BrN2O4. The third-order valence-electron chi connectivity index (χ3n) is 3.99. The van der Waals surface area contributed by atoms with Gasteiger partial charge in [0.05, 0.1) is 42.7 Å². The zero-order valence-electron chi connectivity index (χ0n) is 16.0. The molecular weight excluding hydrogens is 412 g/mol. The first kappa shape index (κ1) is 20.6. The van der Waals surface area contributed by atoms with Crippen LogP contribution >= 0.6 is 15.9 Å². The molecule has 2 aromatic carbocycles. The number of ether oxygens (including phenoxy) is 3. The second kappa shape index (κ2) is 8.81. The van der Waals surface area contributed by atoms with E-state index in [2.05, 4.69) is 15.9 Å². The molecule has 0 amide bonds. The highest BCUT2D eigenvalue weighted by Gasteiger charge is 2.19. The first-order chi connectivity index (χ1) is 12.8. The molecule has 144 valence electrons. The minimum Gasteiger partial charge on any atom is -0.496 e. The minimum atomic E-state index is -0.247. The van der Waals surface area contributed by atoms with E-state index in [1.165, 1.54) is 21.3 Å². The smallest absolute Gasteiger partial charge is 0.203 e. The van der Waals surface area contributed by atoms with Gasteiger partial charge in [-0.05, 0) is 45.8 Å². The van der Waals surface area contributed by atoms with Crippen LogP contribution in [0.15, 0.2) is 34.8 Å². The fraction of sp³-hybridized carbons (Fsp3) is 0.250. The van der Waals surface area contributed by atoms with Crippen molar-refractivity contribution in [3.05, 3.63) is 45.9 Å². The van der Waals surface area contributed by atoms with E-state index < -0.39 is 0 Å². The van der Waals surface area contributed by atoms with Crippen molar-refractivity contribution < 1.29 is 19.0 Å². The molecule has 0 atom stereocenters. The van der Waals surface area contributed by atoms with E-state index in [1.54, 1.807) is 18.2 Å². The lowest BCUT2D eigenvalue weighted by atomic mass is 10.1. The third-order valence-corrected chi connectivity index (χ3v) is 4.58. The Kier molecular flexibility index (Phi) is 6.74. The number of halogens is 1. The Morgan fingerprint density at radius 1 is 1.00 bits per heavy atom. The van der Waals surface area contributed by atoms with Gasteiger partial charge >= 0.3 is 0 Å². The summed E-state index contributed by atoms with van der Waals surface area (Å²) >= 11 is 3.37. The van der Waals surface area contributed by atoms with Gasteiger partial charge in [-0.2, -0.15) is 0 Å². The van der Waals surface area contributed by atoms with Gasteiger partial charge in [-0.25, -0.2) is 0 Å². The SMILES string of the molecule is COc1cc(OC)c(C(=O)C(Br)=Cc2ccc(N(C)C)c(N)c2)cc1OC. The van der Waals surface area contributed by atoms with Crippen LogP contribution in [0, 0.1) is 0 Å². The number of benzene rings is 2. The Morgan fingerprint density at radius 2 is 1.59 bits per heavy atom. The van der Waals surface area contributed by atoms with Crippen molar-refractivity contribution in [2.24, 2.45) is 0 Å². The van der Waals surface area contributed by atoms with E-state index in [1.807, 2.05) is 37.2 Å². The molecule has 0 saturated heterocycles. The first-order valence-corrected chi connectivity index (χ1v) is 8.90. The summed E-state index contributed by atoms with van der Waals surface area (Å²) in [7, 11) is 8.37. The molecule has 6 nitrogen and oxygen atoms in total.